The average Bonchev–Trinajstić information content (AvgIpc) is 1.86. The van der Waals surface area contributed by atoms with Gasteiger partial charge in [0.05, 0.1) is 0 Å². The van der Waals surface area contributed by atoms with Gasteiger partial charge >= 0.3 is 0 Å². The molecule has 66 valence electrons. The van der Waals surface area contributed by atoms with Crippen molar-refractivity contribution in [1.82, 2.24) is 0 Å². The molecule has 2 N–H and O–H groups in total. The van der Waals surface area contributed by atoms with Gasteiger partial charge in [-0.3, -0.25) is 0 Å². The molecule has 0 radical (unpaired) electrons. The molecule has 0 amide bonds. The van der Waals surface area contributed by atoms with Crippen molar-refractivity contribution in [2.75, 3.05) is 0 Å². The molecule has 1 aliphatic rings. The number of nitrogens with two attached hydrogens (primary N) is 1. The van der Waals surface area contributed by atoms with Gasteiger partial charge < -0.3 is 5.73 Å². The van der Waals surface area contributed by atoms with Crippen LogP contribution in [0.4, 0.5) is 0 Å². The lowest BCUT2D eigenvalue weighted by Crippen LogP contribution is -2.40. The first-order valence-corrected chi connectivity index (χ1v) is 4.77. The highest BCUT2D eigenvalue weighted by molar-refractivity contribution is 4.85. The van der Waals surface area contributed by atoms with E-state index < -0.39 is 0 Å². The van der Waals surface area contributed by atoms with E-state index in [1.807, 2.05) is 0 Å². The molecule has 1 fully saturated rings. The van der Waals surface area contributed by atoms with Gasteiger partial charge in [-0.25, -0.2) is 0 Å². The van der Waals surface area contributed by atoms with Gasteiger partial charge in [0.15, 0.2) is 0 Å². The van der Waals surface area contributed by atoms with Crippen LogP contribution in [0.3, 0.4) is 0 Å². The Bertz CT molecular complexity index is 123. The summed E-state index contributed by atoms with van der Waals surface area (Å²) in [5.74, 6) is 0.747. The Morgan fingerprint density at radius 1 is 1.09 bits per heavy atom. The second-order valence-corrected chi connectivity index (χ2v) is 4.92. The minimum Gasteiger partial charge on any atom is -0.327 e. The summed E-state index contributed by atoms with van der Waals surface area (Å²) in [5.41, 5.74) is 6.48. The molecule has 0 aromatic heterocycles. The molecule has 0 aromatic rings. The number of hydrogen-bond donors (Lipinski definition) is 1. The normalized spacial score (nSPS) is 33.8. The monoisotopic (exact) mass is 155 g/mol. The molecule has 0 aliphatic heterocycles. The van der Waals surface area contributed by atoms with Gasteiger partial charge in [-0.05, 0) is 24.2 Å². The van der Waals surface area contributed by atoms with Gasteiger partial charge in [0.25, 0.3) is 0 Å². The van der Waals surface area contributed by atoms with Crippen molar-refractivity contribution >= 4 is 0 Å². The molecule has 0 bridgehead atoms. The summed E-state index contributed by atoms with van der Waals surface area (Å²) < 4.78 is 0. The Labute approximate surface area is 70.4 Å². The molecule has 1 rings (SSSR count). The highest BCUT2D eigenvalue weighted by Crippen LogP contribution is 2.36. The van der Waals surface area contributed by atoms with Gasteiger partial charge in [0, 0.05) is 6.04 Å². The van der Waals surface area contributed by atoms with Gasteiger partial charge in [-0.1, -0.05) is 33.6 Å². The predicted molar refractivity (Wildman–Crippen MR) is 49.4 cm³/mol. The van der Waals surface area contributed by atoms with Crippen LogP contribution in [0.15, 0.2) is 0 Å². The summed E-state index contributed by atoms with van der Waals surface area (Å²) in [6.45, 7) is 6.93. The molecule has 0 aromatic carbocycles. The first kappa shape index (κ1) is 9.05. The van der Waals surface area contributed by atoms with Crippen LogP contribution in [0.5, 0.6) is 0 Å². The third-order valence-electron chi connectivity index (χ3n) is 2.93. The van der Waals surface area contributed by atoms with Gasteiger partial charge in [-0.15, -0.1) is 0 Å². The van der Waals surface area contributed by atoms with E-state index in [0.29, 0.717) is 11.5 Å². The molecule has 0 heterocycles. The first-order chi connectivity index (χ1) is 5.02. The topological polar surface area (TPSA) is 26.0 Å². The molecule has 0 unspecified atom stereocenters. The van der Waals surface area contributed by atoms with Crippen LogP contribution in [0.25, 0.3) is 0 Å². The lowest BCUT2D eigenvalue weighted by atomic mass is 9.70. The smallest absolute Gasteiger partial charge is 0.00721 e. The maximum Gasteiger partial charge on any atom is 0.00721 e. The Kier molecular flexibility index (Phi) is 2.58. The van der Waals surface area contributed by atoms with Gasteiger partial charge in [-0.2, -0.15) is 0 Å². The van der Waals surface area contributed by atoms with E-state index in [1.165, 1.54) is 25.7 Å². The van der Waals surface area contributed by atoms with Crippen molar-refractivity contribution < 1.29 is 0 Å². The molecule has 2 atom stereocenters. The maximum absolute atomic E-state index is 6.07. The molecule has 11 heavy (non-hydrogen) atoms. The molecular formula is C10H21N. The van der Waals surface area contributed by atoms with Gasteiger partial charge in [0.2, 0.25) is 0 Å². The molecule has 1 aliphatic carbocycles. The lowest BCUT2D eigenvalue weighted by molar-refractivity contribution is 0.153. The van der Waals surface area contributed by atoms with Crippen LogP contribution in [0, 0.1) is 11.3 Å². The van der Waals surface area contributed by atoms with Crippen LogP contribution in [0.1, 0.15) is 46.5 Å². The van der Waals surface area contributed by atoms with Crippen molar-refractivity contribution in [3.05, 3.63) is 0 Å². The highest BCUT2D eigenvalue weighted by atomic mass is 14.7. The lowest BCUT2D eigenvalue weighted by Gasteiger charge is -2.38. The summed E-state index contributed by atoms with van der Waals surface area (Å²) in [7, 11) is 0. The van der Waals surface area contributed by atoms with E-state index in [4.69, 9.17) is 5.73 Å². The Hall–Kier alpha value is -0.0400. The summed E-state index contributed by atoms with van der Waals surface area (Å²) in [4.78, 5) is 0. The van der Waals surface area contributed by atoms with Crippen LogP contribution in [-0.4, -0.2) is 6.04 Å². The van der Waals surface area contributed by atoms with Crippen LogP contribution in [-0.2, 0) is 0 Å². The summed E-state index contributed by atoms with van der Waals surface area (Å²) in [5, 5.41) is 0. The summed E-state index contributed by atoms with van der Waals surface area (Å²) >= 11 is 0. The van der Waals surface area contributed by atoms with Crippen molar-refractivity contribution in [2.24, 2.45) is 17.1 Å². The van der Waals surface area contributed by atoms with E-state index in [-0.39, 0.29) is 0 Å². The van der Waals surface area contributed by atoms with Crippen LogP contribution < -0.4 is 5.73 Å². The van der Waals surface area contributed by atoms with Crippen molar-refractivity contribution in [3.8, 4) is 0 Å². The third kappa shape index (κ3) is 2.19. The van der Waals surface area contributed by atoms with Crippen molar-refractivity contribution in [2.45, 2.75) is 52.5 Å². The van der Waals surface area contributed by atoms with Crippen LogP contribution in [0.2, 0.25) is 0 Å². The zero-order valence-corrected chi connectivity index (χ0v) is 8.06. The molecule has 1 heteroatoms. The van der Waals surface area contributed by atoms with E-state index >= 15 is 0 Å². The molecular weight excluding hydrogens is 134 g/mol. The Balaban J connectivity index is 2.55. The van der Waals surface area contributed by atoms with E-state index in [2.05, 4.69) is 20.8 Å². The standard InChI is InChI=1S/C10H21N/c1-10(2,3)8-6-4-5-7-9(8)11/h8-9H,4-7,11H2,1-3H3/t8-,9+/m1/s1. The van der Waals surface area contributed by atoms with Crippen molar-refractivity contribution in [1.29, 1.82) is 0 Å². The third-order valence-corrected chi connectivity index (χ3v) is 2.93. The highest BCUT2D eigenvalue weighted by Gasteiger charge is 2.31. The minimum absolute atomic E-state index is 0.417. The first-order valence-electron chi connectivity index (χ1n) is 4.77. The quantitative estimate of drug-likeness (QED) is 0.571. The van der Waals surface area contributed by atoms with E-state index in [0.717, 1.165) is 5.92 Å². The van der Waals surface area contributed by atoms with Crippen molar-refractivity contribution in [3.63, 3.8) is 0 Å². The predicted octanol–water partition coefficient (Wildman–Crippen LogP) is 2.55. The van der Waals surface area contributed by atoms with E-state index in [9.17, 15) is 0 Å². The Morgan fingerprint density at radius 2 is 1.64 bits per heavy atom. The maximum atomic E-state index is 6.07. The fourth-order valence-electron chi connectivity index (χ4n) is 2.23. The summed E-state index contributed by atoms with van der Waals surface area (Å²) in [6.07, 6.45) is 5.30. The number of hydrogen-bond acceptors (Lipinski definition) is 1. The number of rotatable bonds is 0. The average molecular weight is 155 g/mol. The molecule has 1 saturated carbocycles. The summed E-state index contributed by atoms with van der Waals surface area (Å²) in [6, 6.07) is 0.462. The largest absolute Gasteiger partial charge is 0.327 e. The zero-order chi connectivity index (χ0) is 8.48. The Morgan fingerprint density at radius 3 is 2.00 bits per heavy atom. The van der Waals surface area contributed by atoms with Gasteiger partial charge in [0.1, 0.15) is 0 Å². The fraction of sp³-hybridized carbons (Fsp3) is 1.00. The molecule has 0 saturated heterocycles. The fourth-order valence-corrected chi connectivity index (χ4v) is 2.23. The molecule has 1 nitrogen and oxygen atoms in total. The zero-order valence-electron chi connectivity index (χ0n) is 8.06. The second-order valence-electron chi connectivity index (χ2n) is 4.92. The van der Waals surface area contributed by atoms with E-state index in [1.54, 1.807) is 0 Å². The minimum atomic E-state index is 0.417. The second kappa shape index (κ2) is 3.14. The van der Waals surface area contributed by atoms with Crippen LogP contribution >= 0.6 is 0 Å². The molecule has 0 spiro atoms. The SMILES string of the molecule is CC(C)(C)[C@@H]1CCCC[C@@H]1N.